The van der Waals surface area contributed by atoms with Gasteiger partial charge in [-0.3, -0.25) is 24.0 Å². The van der Waals surface area contributed by atoms with Gasteiger partial charge in [0.25, 0.3) is 0 Å². The molecule has 1 saturated heterocycles. The van der Waals surface area contributed by atoms with E-state index >= 15 is 0 Å². The van der Waals surface area contributed by atoms with Crippen molar-refractivity contribution in [2.75, 3.05) is 13.7 Å². The maximum atomic E-state index is 13.3. The van der Waals surface area contributed by atoms with E-state index in [-0.39, 0.29) is 6.42 Å². The predicted molar refractivity (Wildman–Crippen MR) is 135 cm³/mol. The van der Waals surface area contributed by atoms with Gasteiger partial charge in [-0.25, -0.2) is 4.79 Å². The summed E-state index contributed by atoms with van der Waals surface area (Å²) in [5, 5.41) is 0. The molecule has 0 bridgehead atoms. The summed E-state index contributed by atoms with van der Waals surface area (Å²) >= 11 is 0.918. The number of hydrogen-bond acceptors (Lipinski definition) is 14. The van der Waals surface area contributed by atoms with E-state index in [2.05, 4.69) is 0 Å². The average molecular weight is 585 g/mol. The Bertz CT molecular complexity index is 1090. The topological polar surface area (TPSA) is 167 Å². The molecule has 1 heterocycles. The monoisotopic (exact) mass is 584 g/mol. The third-order valence-corrected chi connectivity index (χ3v) is 6.66. The lowest BCUT2D eigenvalue weighted by molar-refractivity contribution is -0.249. The van der Waals surface area contributed by atoms with Gasteiger partial charge < -0.3 is 33.2 Å². The van der Waals surface area contributed by atoms with Crippen LogP contribution in [0.2, 0.25) is 0 Å². The van der Waals surface area contributed by atoms with E-state index in [4.69, 9.17) is 33.2 Å². The smallest absolute Gasteiger partial charge is 0.349 e. The number of carbonyl (C=O) groups is 6. The van der Waals surface area contributed by atoms with Crippen LogP contribution in [0.15, 0.2) is 35.2 Å². The van der Waals surface area contributed by atoms with E-state index < -0.39 is 77.9 Å². The van der Waals surface area contributed by atoms with E-state index in [1.54, 1.807) is 30.3 Å². The zero-order chi connectivity index (χ0) is 30.0. The van der Waals surface area contributed by atoms with E-state index in [9.17, 15) is 28.8 Å². The molecule has 220 valence electrons. The van der Waals surface area contributed by atoms with E-state index in [0.717, 1.165) is 53.5 Å². The lowest BCUT2D eigenvalue weighted by Gasteiger charge is -2.47. The van der Waals surface area contributed by atoms with Crippen LogP contribution < -0.4 is 0 Å². The van der Waals surface area contributed by atoms with E-state index in [1.165, 1.54) is 0 Å². The zero-order valence-electron chi connectivity index (χ0n) is 22.9. The van der Waals surface area contributed by atoms with Crippen molar-refractivity contribution in [1.82, 2.24) is 0 Å². The molecule has 0 radical (unpaired) electrons. The van der Waals surface area contributed by atoms with Gasteiger partial charge in [-0.1, -0.05) is 30.0 Å². The van der Waals surface area contributed by atoms with Crippen LogP contribution in [0, 0.1) is 0 Å². The highest BCUT2D eigenvalue weighted by atomic mass is 32.2. The van der Waals surface area contributed by atoms with Crippen LogP contribution >= 0.6 is 11.8 Å². The second-order valence-electron chi connectivity index (χ2n) is 8.69. The molecule has 0 aromatic heterocycles. The quantitative estimate of drug-likeness (QED) is 0.272. The van der Waals surface area contributed by atoms with Crippen molar-refractivity contribution in [2.45, 2.75) is 81.4 Å². The largest absolute Gasteiger partial charge is 0.466 e. The predicted octanol–water partition coefficient (Wildman–Crippen LogP) is 1.73. The summed E-state index contributed by atoms with van der Waals surface area (Å²) in [6, 6.07) is 8.58. The number of benzene rings is 1. The highest BCUT2D eigenvalue weighted by Gasteiger charge is 2.59. The second kappa shape index (κ2) is 14.7. The molecular weight excluding hydrogens is 552 g/mol. The Morgan fingerprint density at radius 3 is 1.98 bits per heavy atom. The first-order valence-corrected chi connectivity index (χ1v) is 12.9. The minimum Gasteiger partial charge on any atom is -0.466 e. The fourth-order valence-electron chi connectivity index (χ4n) is 4.07. The van der Waals surface area contributed by atoms with Gasteiger partial charge in [0.2, 0.25) is 4.93 Å². The molecular formula is C26H32O13S. The Morgan fingerprint density at radius 1 is 0.875 bits per heavy atom. The molecule has 1 aliphatic rings. The number of rotatable bonds is 11. The van der Waals surface area contributed by atoms with Gasteiger partial charge in [0.15, 0.2) is 18.3 Å². The van der Waals surface area contributed by atoms with Gasteiger partial charge in [0.1, 0.15) is 18.8 Å². The lowest BCUT2D eigenvalue weighted by Crippen LogP contribution is -2.64. The third-order valence-electron chi connectivity index (χ3n) is 5.39. The number of esters is 6. The van der Waals surface area contributed by atoms with Crippen molar-refractivity contribution in [3.8, 4) is 0 Å². The summed E-state index contributed by atoms with van der Waals surface area (Å²) in [6.45, 7) is 4.86. The molecule has 0 unspecified atom stereocenters. The zero-order valence-corrected chi connectivity index (χ0v) is 23.7. The Morgan fingerprint density at radius 2 is 1.48 bits per heavy atom. The molecule has 14 heteroatoms. The summed E-state index contributed by atoms with van der Waals surface area (Å²) in [6.07, 6.45) is -7.83. The number of thioether (sulfide) groups is 1. The minimum atomic E-state index is -1.93. The maximum absolute atomic E-state index is 13.3. The van der Waals surface area contributed by atoms with Crippen LogP contribution in [-0.2, 0) is 61.9 Å². The Balaban J connectivity index is 2.76. The molecule has 1 aliphatic heterocycles. The lowest BCUT2D eigenvalue weighted by atomic mass is 9.91. The number of hydrogen-bond donors (Lipinski definition) is 0. The van der Waals surface area contributed by atoms with E-state index in [0.29, 0.717) is 4.90 Å². The van der Waals surface area contributed by atoms with Gasteiger partial charge in [0.05, 0.1) is 7.11 Å². The van der Waals surface area contributed by atoms with Gasteiger partial charge in [-0.15, -0.1) is 0 Å². The SMILES string of the molecule is COC(=O)[C@]1(Sc2ccccc2)C[C@H](OC(C)=O)[C@@H](OC(C)=O)[C@H]([C@H](OC(C)=O)[C@@H](COC(C)=O)OC(C)=O)O1. The van der Waals surface area contributed by atoms with Crippen LogP contribution in [0.4, 0.5) is 0 Å². The fraction of sp³-hybridized carbons (Fsp3) is 0.538. The normalized spacial score (nSPS) is 23.5. The van der Waals surface area contributed by atoms with Crippen LogP contribution in [-0.4, -0.2) is 85.0 Å². The van der Waals surface area contributed by atoms with Gasteiger partial charge in [-0.05, 0) is 12.1 Å². The van der Waals surface area contributed by atoms with Crippen LogP contribution in [0.25, 0.3) is 0 Å². The summed E-state index contributed by atoms with van der Waals surface area (Å²) in [5.41, 5.74) is 0. The standard InChI is InChI=1S/C26H32O13S/c1-14(27)34-13-21(36-16(3)29)23(38-18(5)31)24-22(37-17(4)30)20(35-15(2)28)12-26(39-24,25(32)33-6)40-19-10-8-7-9-11-19/h7-11,20-24H,12-13H2,1-6H3/t20-,21+,22+,23+,24+,26+/m0/s1. The molecule has 6 atom stereocenters. The molecule has 0 amide bonds. The van der Waals surface area contributed by atoms with Crippen molar-refractivity contribution >= 4 is 47.6 Å². The Kier molecular flexibility index (Phi) is 11.9. The molecule has 1 aromatic carbocycles. The minimum absolute atomic E-state index is 0.345. The number of ether oxygens (including phenoxy) is 7. The Labute approximate surface area is 235 Å². The molecule has 13 nitrogen and oxygen atoms in total. The molecule has 40 heavy (non-hydrogen) atoms. The fourth-order valence-corrected chi connectivity index (χ4v) is 5.31. The summed E-state index contributed by atoms with van der Waals surface area (Å²) in [5.74, 6) is -4.92. The maximum Gasteiger partial charge on any atom is 0.349 e. The summed E-state index contributed by atoms with van der Waals surface area (Å²) in [7, 11) is 1.12. The highest BCUT2D eigenvalue weighted by molar-refractivity contribution is 8.01. The van der Waals surface area contributed by atoms with Crippen LogP contribution in [0.5, 0.6) is 0 Å². The summed E-state index contributed by atoms with van der Waals surface area (Å²) < 4.78 is 38.1. The molecule has 2 rings (SSSR count). The first-order valence-electron chi connectivity index (χ1n) is 12.1. The molecule has 1 aromatic rings. The Hall–Kier alpha value is -3.65. The first-order chi connectivity index (χ1) is 18.8. The van der Waals surface area contributed by atoms with Crippen molar-refractivity contribution in [3.05, 3.63) is 30.3 Å². The molecule has 1 fully saturated rings. The van der Waals surface area contributed by atoms with Gasteiger partial charge >= 0.3 is 35.8 Å². The average Bonchev–Trinajstić information content (AvgIpc) is 2.85. The van der Waals surface area contributed by atoms with Crippen molar-refractivity contribution in [3.63, 3.8) is 0 Å². The highest BCUT2D eigenvalue weighted by Crippen LogP contribution is 2.46. The molecule has 0 saturated carbocycles. The molecule has 0 aliphatic carbocycles. The van der Waals surface area contributed by atoms with Gasteiger partial charge in [-0.2, -0.15) is 0 Å². The van der Waals surface area contributed by atoms with Gasteiger partial charge in [0, 0.05) is 45.9 Å². The number of carbonyl (C=O) groups excluding carboxylic acids is 6. The van der Waals surface area contributed by atoms with Crippen molar-refractivity contribution in [1.29, 1.82) is 0 Å². The van der Waals surface area contributed by atoms with Crippen LogP contribution in [0.1, 0.15) is 41.0 Å². The van der Waals surface area contributed by atoms with Crippen LogP contribution in [0.3, 0.4) is 0 Å². The molecule has 0 N–H and O–H groups in total. The molecule has 0 spiro atoms. The van der Waals surface area contributed by atoms with Crippen molar-refractivity contribution in [2.24, 2.45) is 0 Å². The number of methoxy groups -OCH3 is 1. The van der Waals surface area contributed by atoms with E-state index in [1.807, 2.05) is 0 Å². The third kappa shape index (κ3) is 9.23. The summed E-state index contributed by atoms with van der Waals surface area (Å²) in [4.78, 5) is 72.0. The van der Waals surface area contributed by atoms with Crippen molar-refractivity contribution < 1.29 is 61.9 Å². The second-order valence-corrected chi connectivity index (χ2v) is 10.0. The first kappa shape index (κ1) is 32.6.